The fraction of sp³-hybridized carbons (Fsp3) is 0.143. The quantitative estimate of drug-likeness (QED) is 0.787. The summed E-state index contributed by atoms with van der Waals surface area (Å²) in [6.07, 6.45) is 0.315. The van der Waals surface area contributed by atoms with E-state index in [0.29, 0.717) is 18.7 Å². The Kier molecular flexibility index (Phi) is 4.17. The molecule has 0 bridgehead atoms. The van der Waals surface area contributed by atoms with Gasteiger partial charge in [0.25, 0.3) is 5.91 Å². The number of nitrogens with one attached hydrogen (secondary N) is 1. The number of carbonyl (C=O) groups excluding carboxylic acids is 1. The molecule has 0 radical (unpaired) electrons. The summed E-state index contributed by atoms with van der Waals surface area (Å²) < 4.78 is 0. The molecule has 0 aromatic heterocycles. The van der Waals surface area contributed by atoms with Crippen molar-refractivity contribution in [3.8, 4) is 0 Å². The molecular formula is C21H18N2O2. The highest BCUT2D eigenvalue weighted by Crippen LogP contribution is 2.26. The molecule has 0 fully saturated rings. The maximum absolute atomic E-state index is 12.3. The summed E-state index contributed by atoms with van der Waals surface area (Å²) in [6.45, 7) is 0.471. The zero-order chi connectivity index (χ0) is 17.1. The van der Waals surface area contributed by atoms with Crippen molar-refractivity contribution in [2.45, 2.75) is 19.1 Å². The van der Waals surface area contributed by atoms with Gasteiger partial charge in [-0.25, -0.2) is 0 Å². The molecule has 1 atom stereocenters. The van der Waals surface area contributed by atoms with E-state index in [0.717, 1.165) is 11.1 Å². The van der Waals surface area contributed by atoms with E-state index in [4.69, 9.17) is 4.84 Å². The topological polar surface area (TPSA) is 50.7 Å². The van der Waals surface area contributed by atoms with Crippen LogP contribution in [-0.4, -0.2) is 11.6 Å². The number of hydrogen-bond acceptors (Lipinski definition) is 3. The molecule has 0 aliphatic carbocycles. The third-order valence-corrected chi connectivity index (χ3v) is 4.37. The van der Waals surface area contributed by atoms with Gasteiger partial charge in [-0.05, 0) is 28.0 Å². The lowest BCUT2D eigenvalue weighted by atomic mass is 10.0. The van der Waals surface area contributed by atoms with Gasteiger partial charge in [0.15, 0.2) is 6.10 Å². The first kappa shape index (κ1) is 15.4. The van der Waals surface area contributed by atoms with Crippen LogP contribution in [0.1, 0.15) is 23.7 Å². The summed E-state index contributed by atoms with van der Waals surface area (Å²) in [6, 6.07) is 24.2. The predicted octanol–water partition coefficient (Wildman–Crippen LogP) is 3.97. The van der Waals surface area contributed by atoms with Crippen LogP contribution < -0.4 is 5.32 Å². The molecule has 4 heteroatoms. The summed E-state index contributed by atoms with van der Waals surface area (Å²) in [5.41, 5.74) is 2.53. The maximum Gasteiger partial charge on any atom is 0.269 e. The van der Waals surface area contributed by atoms with E-state index >= 15 is 0 Å². The molecule has 4 rings (SSSR count). The van der Waals surface area contributed by atoms with Gasteiger partial charge in [0.05, 0.1) is 0 Å². The second-order valence-corrected chi connectivity index (χ2v) is 6.11. The highest BCUT2D eigenvalue weighted by atomic mass is 16.6. The summed E-state index contributed by atoms with van der Waals surface area (Å²) in [7, 11) is 0. The molecule has 25 heavy (non-hydrogen) atoms. The first-order valence-corrected chi connectivity index (χ1v) is 8.33. The molecule has 0 saturated carbocycles. The zero-order valence-electron chi connectivity index (χ0n) is 13.7. The molecule has 124 valence electrons. The summed E-state index contributed by atoms with van der Waals surface area (Å²) in [4.78, 5) is 17.7. The average Bonchev–Trinajstić information content (AvgIpc) is 3.17. The van der Waals surface area contributed by atoms with Crippen molar-refractivity contribution in [3.05, 3.63) is 83.9 Å². The second-order valence-electron chi connectivity index (χ2n) is 6.11. The molecule has 3 aromatic carbocycles. The number of amides is 1. The Labute approximate surface area is 146 Å². The molecule has 1 heterocycles. The van der Waals surface area contributed by atoms with E-state index in [1.807, 2.05) is 48.5 Å². The second kappa shape index (κ2) is 6.77. The van der Waals surface area contributed by atoms with Gasteiger partial charge in [-0.2, -0.15) is 0 Å². The Morgan fingerprint density at radius 3 is 2.60 bits per heavy atom. The Hall–Kier alpha value is -3.14. The molecule has 1 aliphatic heterocycles. The van der Waals surface area contributed by atoms with Crippen molar-refractivity contribution in [1.82, 2.24) is 5.32 Å². The molecule has 0 spiro atoms. The van der Waals surface area contributed by atoms with E-state index in [2.05, 4.69) is 34.7 Å². The average molecular weight is 330 g/mol. The van der Waals surface area contributed by atoms with Crippen LogP contribution in [-0.2, 0) is 16.2 Å². The lowest BCUT2D eigenvalue weighted by Crippen LogP contribution is -2.29. The minimum Gasteiger partial charge on any atom is -0.387 e. The minimum atomic E-state index is -0.178. The Morgan fingerprint density at radius 2 is 1.76 bits per heavy atom. The molecule has 1 aliphatic rings. The number of oxime groups is 1. The van der Waals surface area contributed by atoms with Crippen molar-refractivity contribution in [2.24, 2.45) is 5.16 Å². The highest BCUT2D eigenvalue weighted by molar-refractivity contribution is 6.39. The fourth-order valence-electron chi connectivity index (χ4n) is 2.99. The predicted molar refractivity (Wildman–Crippen MR) is 98.1 cm³/mol. The van der Waals surface area contributed by atoms with Gasteiger partial charge in [-0.3, -0.25) is 4.79 Å². The van der Waals surface area contributed by atoms with Gasteiger partial charge in [-0.15, -0.1) is 0 Å². The Balaban J connectivity index is 1.37. The van der Waals surface area contributed by atoms with Crippen LogP contribution in [0.4, 0.5) is 0 Å². The SMILES string of the molecule is O=C(NCc1ccc2ccccc2c1)C1=NOC(c2ccccc2)C1. The largest absolute Gasteiger partial charge is 0.387 e. The van der Waals surface area contributed by atoms with Crippen LogP contribution in [0.3, 0.4) is 0 Å². The first-order valence-electron chi connectivity index (χ1n) is 8.33. The van der Waals surface area contributed by atoms with Gasteiger partial charge < -0.3 is 10.2 Å². The van der Waals surface area contributed by atoms with Crippen molar-refractivity contribution in [1.29, 1.82) is 0 Å². The van der Waals surface area contributed by atoms with Crippen molar-refractivity contribution in [2.75, 3.05) is 0 Å². The third kappa shape index (κ3) is 3.38. The van der Waals surface area contributed by atoms with Crippen LogP contribution in [0.25, 0.3) is 10.8 Å². The van der Waals surface area contributed by atoms with E-state index in [-0.39, 0.29) is 12.0 Å². The van der Waals surface area contributed by atoms with Crippen LogP contribution in [0.2, 0.25) is 0 Å². The van der Waals surface area contributed by atoms with Crippen molar-refractivity contribution < 1.29 is 9.63 Å². The molecule has 3 aromatic rings. The van der Waals surface area contributed by atoms with E-state index in [1.165, 1.54) is 10.8 Å². The fourth-order valence-corrected chi connectivity index (χ4v) is 2.99. The van der Waals surface area contributed by atoms with E-state index in [1.54, 1.807) is 0 Å². The van der Waals surface area contributed by atoms with Gasteiger partial charge in [0, 0.05) is 13.0 Å². The van der Waals surface area contributed by atoms with Crippen LogP contribution in [0.5, 0.6) is 0 Å². The third-order valence-electron chi connectivity index (χ3n) is 4.37. The molecule has 1 unspecified atom stereocenters. The number of hydrogen-bond donors (Lipinski definition) is 1. The molecule has 1 amide bonds. The monoisotopic (exact) mass is 330 g/mol. The molecule has 0 saturated heterocycles. The molecular weight excluding hydrogens is 312 g/mol. The summed E-state index contributed by atoms with van der Waals surface area (Å²) in [5.74, 6) is -0.174. The number of fused-ring (bicyclic) bond motifs is 1. The Morgan fingerprint density at radius 1 is 1.00 bits per heavy atom. The van der Waals surface area contributed by atoms with E-state index < -0.39 is 0 Å². The summed E-state index contributed by atoms with van der Waals surface area (Å²) >= 11 is 0. The highest BCUT2D eigenvalue weighted by Gasteiger charge is 2.27. The summed E-state index contributed by atoms with van der Waals surface area (Å²) in [5, 5.41) is 9.25. The maximum atomic E-state index is 12.3. The van der Waals surface area contributed by atoms with Gasteiger partial charge in [-0.1, -0.05) is 71.9 Å². The number of rotatable bonds is 4. The zero-order valence-corrected chi connectivity index (χ0v) is 13.7. The van der Waals surface area contributed by atoms with Crippen LogP contribution in [0, 0.1) is 0 Å². The standard InChI is InChI=1S/C21H18N2O2/c24-21(19-13-20(25-23-19)17-7-2-1-3-8-17)22-14-15-10-11-16-6-4-5-9-18(16)12-15/h1-12,20H,13-14H2,(H,22,24). The van der Waals surface area contributed by atoms with Gasteiger partial charge >= 0.3 is 0 Å². The lowest BCUT2D eigenvalue weighted by Gasteiger charge is -2.08. The normalized spacial score (nSPS) is 16.3. The lowest BCUT2D eigenvalue weighted by molar-refractivity contribution is -0.115. The Bertz CT molecular complexity index is 935. The van der Waals surface area contributed by atoms with Crippen molar-refractivity contribution in [3.63, 3.8) is 0 Å². The number of nitrogens with zero attached hydrogens (tertiary/aromatic N) is 1. The minimum absolute atomic E-state index is 0.174. The number of benzene rings is 3. The van der Waals surface area contributed by atoms with E-state index in [9.17, 15) is 4.79 Å². The molecule has 4 nitrogen and oxygen atoms in total. The molecule has 1 N–H and O–H groups in total. The van der Waals surface area contributed by atoms with Gasteiger partial charge in [0.2, 0.25) is 0 Å². The first-order chi connectivity index (χ1) is 12.3. The number of carbonyl (C=O) groups is 1. The van der Waals surface area contributed by atoms with Gasteiger partial charge in [0.1, 0.15) is 5.71 Å². The van der Waals surface area contributed by atoms with Crippen LogP contribution in [0.15, 0.2) is 78.0 Å². The van der Waals surface area contributed by atoms with Crippen molar-refractivity contribution >= 4 is 22.4 Å². The van der Waals surface area contributed by atoms with Crippen LogP contribution >= 0.6 is 0 Å². The smallest absolute Gasteiger partial charge is 0.269 e.